The standard InChI is InChI=1S/4Na.2H2O.5O.W/h;;;;2*1H2;;;;;;/q4*+1;;;;;-2;2*-1;. The first kappa shape index (κ1) is 56.0. The van der Waals surface area contributed by atoms with E-state index < -0.39 is 16.7 Å². The van der Waals surface area contributed by atoms with E-state index in [0.717, 1.165) is 0 Å². The fourth-order valence-corrected chi connectivity index (χ4v) is 0. The topological polar surface area (TPSA) is 172 Å². The van der Waals surface area contributed by atoms with Gasteiger partial charge in [0.2, 0.25) is 0 Å². The molecule has 0 bridgehead atoms. The van der Waals surface area contributed by atoms with Crippen molar-refractivity contribution in [1.29, 1.82) is 0 Å². The van der Waals surface area contributed by atoms with Crippen molar-refractivity contribution in [3.8, 4) is 0 Å². The molecule has 0 radical (unpaired) electrons. The molecule has 0 aliphatic carbocycles. The van der Waals surface area contributed by atoms with E-state index in [2.05, 4.69) is 0 Å². The summed E-state index contributed by atoms with van der Waals surface area (Å²) in [4.78, 5) is 0. The zero-order chi connectivity index (χ0) is 4.50. The first-order valence-corrected chi connectivity index (χ1v) is 5.46. The molecule has 0 heterocycles. The summed E-state index contributed by atoms with van der Waals surface area (Å²) >= 11 is -6.17. The molecule has 0 aromatic heterocycles. The summed E-state index contributed by atoms with van der Waals surface area (Å²) < 4.78 is 34.6. The van der Waals surface area contributed by atoms with E-state index in [4.69, 9.17) is 14.3 Å². The molecule has 0 unspecified atom stereocenters. The summed E-state index contributed by atoms with van der Waals surface area (Å²) in [5.41, 5.74) is 0. The fourth-order valence-electron chi connectivity index (χ4n) is 0. The van der Waals surface area contributed by atoms with Crippen molar-refractivity contribution in [1.82, 2.24) is 0 Å². The van der Waals surface area contributed by atoms with Gasteiger partial charge in [0.15, 0.2) is 0 Å². The molecule has 0 aliphatic rings. The predicted molar refractivity (Wildman–Crippen MR) is 9.29 cm³/mol. The molecule has 0 aliphatic heterocycles. The summed E-state index contributed by atoms with van der Waals surface area (Å²) in [7, 11) is 0. The number of rotatable bonds is 0. The number of hydrogen-bond acceptors (Lipinski definition) is 4. The second-order valence-electron chi connectivity index (χ2n) is 0.408. The normalized spacial score (nSPS) is 4.83. The third-order valence-electron chi connectivity index (χ3n) is 0. The fraction of sp³-hybridized carbons (Fsp3) is 0. The van der Waals surface area contributed by atoms with Crippen LogP contribution < -0.4 is 126 Å². The monoisotopic (exact) mass is 392 g/mol. The molecule has 12 heteroatoms. The van der Waals surface area contributed by atoms with Gasteiger partial charge >= 0.3 is 149 Å². The Morgan fingerprint density at radius 1 is 0.750 bits per heavy atom. The Balaban J connectivity index is -0.00000000381. The maximum atomic E-state index is 8.65. The third-order valence-corrected chi connectivity index (χ3v) is 0. The van der Waals surface area contributed by atoms with E-state index in [1.54, 1.807) is 0 Å². The van der Waals surface area contributed by atoms with Crippen molar-refractivity contribution < 1.29 is 166 Å². The van der Waals surface area contributed by atoms with Crippen LogP contribution in [-0.4, -0.2) is 11.0 Å². The van der Waals surface area contributed by atoms with E-state index in [0.29, 0.717) is 0 Å². The van der Waals surface area contributed by atoms with Crippen molar-refractivity contribution in [3.05, 3.63) is 0 Å². The maximum absolute atomic E-state index is 8.65. The Hall–Kier alpha value is 4.09. The molecule has 4 N–H and O–H groups in total. The SMILES string of the molecule is O.O.[Na+].[Na+].[Na+].[Na+].[O-2].[O]=[W](=[O])([O-])[O-]. The van der Waals surface area contributed by atoms with E-state index in [1.165, 1.54) is 0 Å². The van der Waals surface area contributed by atoms with Crippen LogP contribution in [0.5, 0.6) is 0 Å². The van der Waals surface area contributed by atoms with Gasteiger partial charge in [0, 0.05) is 0 Å². The van der Waals surface area contributed by atoms with E-state index in [9.17, 15) is 0 Å². The van der Waals surface area contributed by atoms with Crippen LogP contribution in [0.25, 0.3) is 0 Å². The molecule has 56 valence electrons. The predicted octanol–water partition coefficient (Wildman–Crippen LogP) is -16.4. The number of hydrogen-bond donors (Lipinski definition) is 0. The second kappa shape index (κ2) is 29.4. The zero-order valence-corrected chi connectivity index (χ0v) is 18.4. The molecule has 0 saturated heterocycles. The van der Waals surface area contributed by atoms with Gasteiger partial charge in [0.1, 0.15) is 0 Å². The summed E-state index contributed by atoms with van der Waals surface area (Å²) in [6.45, 7) is 0. The minimum absolute atomic E-state index is 0. The van der Waals surface area contributed by atoms with Crippen LogP contribution in [-0.2, 0) is 29.0 Å². The Labute approximate surface area is 162 Å². The van der Waals surface area contributed by atoms with E-state index in [-0.39, 0.29) is 135 Å². The quantitative estimate of drug-likeness (QED) is 0.373. The van der Waals surface area contributed by atoms with Gasteiger partial charge in [-0.2, -0.15) is 0 Å². The van der Waals surface area contributed by atoms with Crippen molar-refractivity contribution in [2.24, 2.45) is 0 Å². The van der Waals surface area contributed by atoms with Crippen molar-refractivity contribution in [3.63, 3.8) is 0 Å². The van der Waals surface area contributed by atoms with Crippen LogP contribution in [0.3, 0.4) is 0 Å². The summed E-state index contributed by atoms with van der Waals surface area (Å²) in [5.74, 6) is 0. The zero-order valence-electron chi connectivity index (χ0n) is 7.45. The average Bonchev–Trinajstić information content (AvgIpc) is 0.722. The molecule has 0 aromatic carbocycles. The van der Waals surface area contributed by atoms with E-state index >= 15 is 0 Å². The first-order chi connectivity index (χ1) is 2.00. The molecule has 0 atom stereocenters. The minimum atomic E-state index is -6.17. The summed E-state index contributed by atoms with van der Waals surface area (Å²) in [6.07, 6.45) is 0. The van der Waals surface area contributed by atoms with Gasteiger partial charge in [-0.25, -0.2) is 0 Å². The molecule has 7 nitrogen and oxygen atoms in total. The molecule has 0 amide bonds. The Bertz CT molecular complexity index is 98.6. The van der Waals surface area contributed by atoms with Crippen LogP contribution in [0.1, 0.15) is 0 Å². The van der Waals surface area contributed by atoms with E-state index in [1.807, 2.05) is 0 Å². The van der Waals surface area contributed by atoms with Gasteiger partial charge in [0.05, 0.1) is 0 Å². The van der Waals surface area contributed by atoms with Gasteiger partial charge in [0.25, 0.3) is 0 Å². The van der Waals surface area contributed by atoms with Crippen LogP contribution in [0, 0.1) is 0 Å². The van der Waals surface area contributed by atoms with Gasteiger partial charge < -0.3 is 16.4 Å². The molecule has 0 fully saturated rings. The third kappa shape index (κ3) is 144. The van der Waals surface area contributed by atoms with Crippen LogP contribution in [0.2, 0.25) is 0 Å². The molecule has 0 aromatic rings. The summed E-state index contributed by atoms with van der Waals surface area (Å²) in [6, 6.07) is 0. The molecule has 12 heavy (non-hydrogen) atoms. The van der Waals surface area contributed by atoms with Gasteiger partial charge in [-0.3, -0.25) is 0 Å². The first-order valence-electron chi connectivity index (χ1n) is 0.667. The van der Waals surface area contributed by atoms with Gasteiger partial charge in [-0.1, -0.05) is 0 Å². The van der Waals surface area contributed by atoms with Gasteiger partial charge in [-0.15, -0.1) is 0 Å². The Morgan fingerprint density at radius 3 is 0.750 bits per heavy atom. The molecule has 0 saturated carbocycles. The average molecular weight is 392 g/mol. The Morgan fingerprint density at radius 2 is 0.750 bits per heavy atom. The van der Waals surface area contributed by atoms with Crippen LogP contribution in [0.15, 0.2) is 0 Å². The van der Waals surface area contributed by atoms with Crippen molar-refractivity contribution in [2.45, 2.75) is 0 Å². The van der Waals surface area contributed by atoms with Crippen LogP contribution in [0.4, 0.5) is 0 Å². The molecular formula is H4Na4O7W. The second-order valence-corrected chi connectivity index (χ2v) is 3.34. The Kier molecular flexibility index (Phi) is 137. The molecule has 0 spiro atoms. The molecule has 0 rings (SSSR count). The summed E-state index contributed by atoms with van der Waals surface area (Å²) in [5, 5.41) is 0. The van der Waals surface area contributed by atoms with Crippen molar-refractivity contribution in [2.75, 3.05) is 0 Å². The molecular weight excluding hydrogens is 388 g/mol. The van der Waals surface area contributed by atoms with Crippen LogP contribution >= 0.6 is 0 Å². The van der Waals surface area contributed by atoms with Gasteiger partial charge in [-0.05, 0) is 0 Å². The van der Waals surface area contributed by atoms with Crippen molar-refractivity contribution >= 4 is 0 Å².